The molecular formula is C18H21N3O3S. The molecule has 0 bridgehead atoms. The van der Waals surface area contributed by atoms with Crippen LogP contribution < -0.4 is 10.6 Å². The van der Waals surface area contributed by atoms with Crippen molar-refractivity contribution in [3.63, 3.8) is 0 Å². The predicted octanol–water partition coefficient (Wildman–Crippen LogP) is 2.83. The fourth-order valence-electron chi connectivity index (χ4n) is 2.47. The molecule has 132 valence electrons. The Morgan fingerprint density at radius 1 is 1.48 bits per heavy atom. The number of hydrogen-bond acceptors (Lipinski definition) is 5. The number of furan rings is 1. The molecule has 1 aliphatic rings. The summed E-state index contributed by atoms with van der Waals surface area (Å²) in [5.41, 5.74) is 0.982. The first-order valence-electron chi connectivity index (χ1n) is 8.32. The van der Waals surface area contributed by atoms with Crippen molar-refractivity contribution < 1.29 is 14.0 Å². The van der Waals surface area contributed by atoms with Gasteiger partial charge in [-0.1, -0.05) is 0 Å². The van der Waals surface area contributed by atoms with Crippen LogP contribution in [0.5, 0.6) is 0 Å². The van der Waals surface area contributed by atoms with Crippen molar-refractivity contribution in [3.8, 4) is 0 Å². The maximum Gasteiger partial charge on any atom is 0.244 e. The Bertz CT molecular complexity index is 747. The van der Waals surface area contributed by atoms with Gasteiger partial charge in [0.2, 0.25) is 11.8 Å². The number of aryl methyl sites for hydroxylation is 1. The number of nitrogens with one attached hydrogen (secondary N) is 2. The van der Waals surface area contributed by atoms with Crippen LogP contribution in [0.25, 0.3) is 6.08 Å². The van der Waals surface area contributed by atoms with Gasteiger partial charge in [-0.15, -0.1) is 11.3 Å². The van der Waals surface area contributed by atoms with Gasteiger partial charge in [-0.2, -0.15) is 0 Å². The van der Waals surface area contributed by atoms with E-state index >= 15 is 0 Å². The lowest BCUT2D eigenvalue weighted by Gasteiger charge is -2.15. The van der Waals surface area contributed by atoms with Gasteiger partial charge in [0.1, 0.15) is 10.8 Å². The lowest BCUT2D eigenvalue weighted by atomic mass is 10.2. The minimum atomic E-state index is -0.251. The van der Waals surface area contributed by atoms with Crippen LogP contribution in [0.3, 0.4) is 0 Å². The Morgan fingerprint density at radius 3 is 2.96 bits per heavy atom. The quantitative estimate of drug-likeness (QED) is 0.710. The van der Waals surface area contributed by atoms with Crippen LogP contribution >= 0.6 is 11.3 Å². The minimum Gasteiger partial charge on any atom is -0.465 e. The highest BCUT2D eigenvalue weighted by Gasteiger charge is 2.35. The van der Waals surface area contributed by atoms with Crippen molar-refractivity contribution in [3.05, 3.63) is 46.3 Å². The number of amides is 2. The molecule has 2 heterocycles. The first kappa shape index (κ1) is 17.4. The number of rotatable bonds is 8. The number of aromatic nitrogens is 1. The van der Waals surface area contributed by atoms with Gasteiger partial charge in [-0.3, -0.25) is 9.59 Å². The van der Waals surface area contributed by atoms with Crippen molar-refractivity contribution in [2.24, 2.45) is 5.92 Å². The minimum absolute atomic E-state index is 0.000694. The molecule has 2 amide bonds. The van der Waals surface area contributed by atoms with Gasteiger partial charge in [0.25, 0.3) is 0 Å². The van der Waals surface area contributed by atoms with Crippen molar-refractivity contribution in [2.75, 3.05) is 6.54 Å². The van der Waals surface area contributed by atoms with Gasteiger partial charge in [0, 0.05) is 30.1 Å². The largest absolute Gasteiger partial charge is 0.465 e. The van der Waals surface area contributed by atoms with Crippen LogP contribution in [0.4, 0.5) is 0 Å². The molecule has 2 aromatic heterocycles. The average molecular weight is 359 g/mol. The number of nitrogens with zero attached hydrogens (tertiary/aromatic N) is 1. The van der Waals surface area contributed by atoms with E-state index in [1.807, 2.05) is 12.3 Å². The summed E-state index contributed by atoms with van der Waals surface area (Å²) in [6.07, 6.45) is 7.01. The summed E-state index contributed by atoms with van der Waals surface area (Å²) in [5.74, 6) is 0.776. The standard InChI is InChI=1S/C18H21N3O3S/c1-12-11-25-18(20-12)17(13-4-5-13)21-16(23)8-9-19-15(22)7-6-14-3-2-10-24-14/h2-3,6-7,10-11,13,17H,4-5,8-9H2,1H3,(H,19,22)(H,21,23)/b7-6+. The third-order valence-corrected chi connectivity index (χ3v) is 4.95. The highest BCUT2D eigenvalue weighted by molar-refractivity contribution is 7.09. The van der Waals surface area contributed by atoms with E-state index in [1.54, 1.807) is 35.8 Å². The molecule has 1 saturated carbocycles. The highest BCUT2D eigenvalue weighted by Crippen LogP contribution is 2.41. The maximum atomic E-state index is 12.2. The van der Waals surface area contributed by atoms with Crippen molar-refractivity contribution >= 4 is 29.2 Å². The molecule has 0 spiro atoms. The first-order chi connectivity index (χ1) is 12.1. The van der Waals surface area contributed by atoms with Crippen molar-refractivity contribution in [1.82, 2.24) is 15.6 Å². The van der Waals surface area contributed by atoms with Crippen LogP contribution in [0.15, 0.2) is 34.3 Å². The number of carbonyl (C=O) groups excluding carboxylic acids is 2. The number of carbonyl (C=O) groups is 2. The molecule has 0 saturated heterocycles. The van der Waals surface area contributed by atoms with Crippen LogP contribution in [-0.2, 0) is 9.59 Å². The zero-order valence-corrected chi connectivity index (χ0v) is 14.8. The predicted molar refractivity (Wildman–Crippen MR) is 95.8 cm³/mol. The fraction of sp³-hybridized carbons (Fsp3) is 0.389. The smallest absolute Gasteiger partial charge is 0.244 e. The van der Waals surface area contributed by atoms with Gasteiger partial charge in [0.05, 0.1) is 12.3 Å². The van der Waals surface area contributed by atoms with Crippen LogP contribution in [-0.4, -0.2) is 23.3 Å². The third-order valence-electron chi connectivity index (χ3n) is 3.91. The van der Waals surface area contributed by atoms with Gasteiger partial charge >= 0.3 is 0 Å². The van der Waals surface area contributed by atoms with E-state index in [-0.39, 0.29) is 24.3 Å². The van der Waals surface area contributed by atoms with Crippen LogP contribution in [0, 0.1) is 12.8 Å². The Labute approximate surface area is 150 Å². The summed E-state index contributed by atoms with van der Waals surface area (Å²) < 4.78 is 5.11. The molecule has 25 heavy (non-hydrogen) atoms. The summed E-state index contributed by atoms with van der Waals surface area (Å²) in [6, 6.07) is 3.51. The Hall–Kier alpha value is -2.41. The number of thiazole rings is 1. The average Bonchev–Trinajstić information content (AvgIpc) is 3.11. The second-order valence-electron chi connectivity index (χ2n) is 6.10. The van der Waals surface area contributed by atoms with Crippen LogP contribution in [0.2, 0.25) is 0 Å². The Morgan fingerprint density at radius 2 is 2.32 bits per heavy atom. The van der Waals surface area contributed by atoms with Crippen molar-refractivity contribution in [2.45, 2.75) is 32.2 Å². The first-order valence-corrected chi connectivity index (χ1v) is 9.20. The SMILES string of the molecule is Cc1csc(C(NC(=O)CCNC(=O)/C=C/c2ccco2)C2CC2)n1. The lowest BCUT2D eigenvalue weighted by Crippen LogP contribution is -2.33. The maximum absolute atomic E-state index is 12.2. The molecule has 2 aromatic rings. The zero-order chi connectivity index (χ0) is 17.6. The molecule has 2 N–H and O–H groups in total. The molecule has 7 heteroatoms. The van der Waals surface area contributed by atoms with Gasteiger partial charge in [-0.05, 0) is 43.9 Å². The number of hydrogen-bond donors (Lipinski definition) is 2. The third kappa shape index (κ3) is 5.29. The molecule has 0 aliphatic heterocycles. The van der Waals surface area contributed by atoms with Gasteiger partial charge < -0.3 is 15.1 Å². The van der Waals surface area contributed by atoms with E-state index in [2.05, 4.69) is 15.6 Å². The summed E-state index contributed by atoms with van der Waals surface area (Å²) in [6.45, 7) is 2.25. The molecule has 3 rings (SSSR count). The Kier molecular flexibility index (Phi) is 5.65. The molecule has 6 nitrogen and oxygen atoms in total. The summed E-state index contributed by atoms with van der Waals surface area (Å²) in [5, 5.41) is 8.73. The fourth-order valence-corrected chi connectivity index (χ4v) is 3.41. The summed E-state index contributed by atoms with van der Waals surface area (Å²) in [7, 11) is 0. The van der Waals surface area contributed by atoms with E-state index in [9.17, 15) is 9.59 Å². The molecule has 1 unspecified atom stereocenters. The molecule has 0 radical (unpaired) electrons. The molecule has 1 atom stereocenters. The summed E-state index contributed by atoms with van der Waals surface area (Å²) >= 11 is 1.59. The van der Waals surface area contributed by atoms with Gasteiger partial charge in [-0.25, -0.2) is 4.98 Å². The van der Waals surface area contributed by atoms with Crippen molar-refractivity contribution in [1.29, 1.82) is 0 Å². The van der Waals surface area contributed by atoms with E-state index < -0.39 is 0 Å². The lowest BCUT2D eigenvalue weighted by molar-refractivity contribution is -0.122. The molecule has 1 aliphatic carbocycles. The van der Waals surface area contributed by atoms with Crippen LogP contribution in [0.1, 0.15) is 41.8 Å². The zero-order valence-electron chi connectivity index (χ0n) is 14.0. The molecule has 1 fully saturated rings. The monoisotopic (exact) mass is 359 g/mol. The molecule has 0 aromatic carbocycles. The highest BCUT2D eigenvalue weighted by atomic mass is 32.1. The van der Waals surface area contributed by atoms with E-state index in [0.717, 1.165) is 23.5 Å². The summed E-state index contributed by atoms with van der Waals surface area (Å²) in [4.78, 5) is 28.4. The van der Waals surface area contributed by atoms with E-state index in [4.69, 9.17) is 4.42 Å². The van der Waals surface area contributed by atoms with E-state index in [1.165, 1.54) is 6.08 Å². The van der Waals surface area contributed by atoms with Gasteiger partial charge in [0.15, 0.2) is 0 Å². The second kappa shape index (κ2) is 8.11. The normalized spacial score (nSPS) is 15.2. The van der Waals surface area contributed by atoms with E-state index in [0.29, 0.717) is 18.2 Å². The Balaban J connectivity index is 1.42. The second-order valence-corrected chi connectivity index (χ2v) is 6.99. The topological polar surface area (TPSA) is 84.2 Å². The molecular weight excluding hydrogens is 338 g/mol.